The van der Waals surface area contributed by atoms with Crippen molar-refractivity contribution in [1.29, 1.82) is 0 Å². The number of anilines is 2. The van der Waals surface area contributed by atoms with E-state index in [1.807, 2.05) is 0 Å². The highest BCUT2D eigenvalue weighted by molar-refractivity contribution is 7.92. The number of piperidine rings is 1. The molecule has 1 N–H and O–H groups in total. The molecule has 1 spiro atoms. The number of nitrogens with one attached hydrogen (secondary N) is 1. The Labute approximate surface area is 222 Å². The number of hydrogen-bond acceptors (Lipinski definition) is 5. The number of halogens is 2. The second kappa shape index (κ2) is 9.27. The van der Waals surface area contributed by atoms with Crippen molar-refractivity contribution in [3.63, 3.8) is 0 Å². The first-order valence-electron chi connectivity index (χ1n) is 12.6. The Bertz CT molecular complexity index is 1490. The third-order valence-corrected chi connectivity index (χ3v) is 10.4. The van der Waals surface area contributed by atoms with Crippen LogP contribution in [-0.2, 0) is 25.5 Å². The molecule has 2 unspecified atom stereocenters. The fourth-order valence-corrected chi connectivity index (χ4v) is 8.10. The summed E-state index contributed by atoms with van der Waals surface area (Å²) in [6, 6.07) is 10.9. The van der Waals surface area contributed by atoms with Gasteiger partial charge in [0.15, 0.2) is 0 Å². The quantitative estimate of drug-likeness (QED) is 0.584. The van der Waals surface area contributed by atoms with Gasteiger partial charge in [0, 0.05) is 54.8 Å². The third-order valence-electron chi connectivity index (χ3n) is 7.90. The van der Waals surface area contributed by atoms with Crippen molar-refractivity contribution in [2.75, 3.05) is 35.5 Å². The molecule has 2 aliphatic heterocycles. The summed E-state index contributed by atoms with van der Waals surface area (Å²) in [5, 5.41) is 0. The molecule has 2 atom stereocenters. The lowest BCUT2D eigenvalue weighted by atomic mass is 9.80. The number of sulfonamides is 2. The molecular formula is C26H31F2N3O5S2. The monoisotopic (exact) mass is 567 g/mol. The van der Waals surface area contributed by atoms with Crippen molar-refractivity contribution < 1.29 is 30.4 Å². The number of fused-ring (bicyclic) bond motifs is 2. The van der Waals surface area contributed by atoms with Crippen molar-refractivity contribution in [2.45, 2.75) is 55.3 Å². The summed E-state index contributed by atoms with van der Waals surface area (Å²) in [6.07, 6.45) is 2.69. The smallest absolute Gasteiger partial charge is 0.258 e. The van der Waals surface area contributed by atoms with Gasteiger partial charge in [-0.2, -0.15) is 4.31 Å². The van der Waals surface area contributed by atoms with E-state index in [4.69, 9.17) is 0 Å². The van der Waals surface area contributed by atoms with Gasteiger partial charge in [0.25, 0.3) is 11.8 Å². The van der Waals surface area contributed by atoms with Crippen LogP contribution in [0, 0.1) is 5.92 Å². The van der Waals surface area contributed by atoms with Crippen LogP contribution >= 0.6 is 0 Å². The molecule has 5 rings (SSSR count). The molecule has 206 valence electrons. The Morgan fingerprint density at radius 3 is 2.37 bits per heavy atom. The molecule has 0 bridgehead atoms. The van der Waals surface area contributed by atoms with Crippen molar-refractivity contribution in [3.8, 4) is 0 Å². The van der Waals surface area contributed by atoms with Crippen LogP contribution in [0.4, 0.5) is 20.2 Å². The van der Waals surface area contributed by atoms with Gasteiger partial charge in [0.2, 0.25) is 20.0 Å². The highest BCUT2D eigenvalue weighted by Crippen LogP contribution is 2.53. The van der Waals surface area contributed by atoms with Gasteiger partial charge in [-0.25, -0.2) is 25.6 Å². The topological polar surface area (TPSA) is 104 Å². The zero-order valence-electron chi connectivity index (χ0n) is 21.3. The Balaban J connectivity index is 1.47. The van der Waals surface area contributed by atoms with Crippen LogP contribution in [0.3, 0.4) is 0 Å². The Morgan fingerprint density at radius 1 is 1.03 bits per heavy atom. The SMILES string of the molecule is CC1CCC2(C1)CN(C(=O)c1cccc(S(=O)(=O)N3CCC(F)(F)CC3)c1)c1ccc(NS(C)(=O)=O)cc12. The fraction of sp³-hybridized carbons (Fsp3) is 0.500. The standard InChI is InChI=1S/C26H31F2N3O5S2/c1-18-8-9-25(16-18)17-31(23-7-6-20(15-22(23)25)29-37(2,33)34)24(32)19-4-3-5-21(14-19)38(35,36)30-12-10-26(27,28)11-13-30/h3-7,14-15,18,29H,8-13,16-17H2,1-2H3. The van der Waals surface area contributed by atoms with Gasteiger partial charge in [0.05, 0.1) is 11.2 Å². The van der Waals surface area contributed by atoms with E-state index in [2.05, 4.69) is 11.6 Å². The highest BCUT2D eigenvalue weighted by atomic mass is 32.2. The van der Waals surface area contributed by atoms with Gasteiger partial charge < -0.3 is 4.90 Å². The first-order chi connectivity index (χ1) is 17.7. The minimum atomic E-state index is -4.04. The van der Waals surface area contributed by atoms with Gasteiger partial charge >= 0.3 is 0 Å². The van der Waals surface area contributed by atoms with Crippen LogP contribution in [0.15, 0.2) is 47.4 Å². The van der Waals surface area contributed by atoms with E-state index in [9.17, 15) is 30.4 Å². The molecule has 2 heterocycles. The summed E-state index contributed by atoms with van der Waals surface area (Å²) >= 11 is 0. The van der Waals surface area contributed by atoms with Crippen LogP contribution in [0.2, 0.25) is 0 Å². The molecule has 38 heavy (non-hydrogen) atoms. The second-order valence-corrected chi connectivity index (χ2v) is 14.6. The van der Waals surface area contributed by atoms with Crippen LogP contribution in [0.25, 0.3) is 0 Å². The summed E-state index contributed by atoms with van der Waals surface area (Å²) in [5.41, 5.74) is 1.87. The number of amides is 1. The van der Waals surface area contributed by atoms with E-state index in [0.29, 0.717) is 23.8 Å². The lowest BCUT2D eigenvalue weighted by molar-refractivity contribution is -0.0412. The molecule has 1 amide bonds. The predicted molar refractivity (Wildman–Crippen MR) is 141 cm³/mol. The van der Waals surface area contributed by atoms with E-state index in [1.165, 1.54) is 18.2 Å². The predicted octanol–water partition coefficient (Wildman–Crippen LogP) is 4.20. The lowest BCUT2D eigenvalue weighted by Gasteiger charge is -2.31. The largest absolute Gasteiger partial charge is 0.307 e. The minimum Gasteiger partial charge on any atom is -0.307 e. The molecule has 2 aromatic rings. The number of hydrogen-bond donors (Lipinski definition) is 1. The molecule has 3 aliphatic rings. The maximum absolute atomic E-state index is 13.8. The molecule has 2 aromatic carbocycles. The number of carbonyl (C=O) groups is 1. The van der Waals surface area contributed by atoms with Gasteiger partial charge in [-0.05, 0) is 67.1 Å². The normalized spacial score (nSPS) is 25.5. The number of benzene rings is 2. The maximum Gasteiger partial charge on any atom is 0.258 e. The number of nitrogens with zero attached hydrogens (tertiary/aromatic N) is 2. The zero-order valence-corrected chi connectivity index (χ0v) is 22.9. The van der Waals surface area contributed by atoms with E-state index >= 15 is 0 Å². The van der Waals surface area contributed by atoms with Crippen molar-refractivity contribution in [3.05, 3.63) is 53.6 Å². The van der Waals surface area contributed by atoms with E-state index in [1.54, 1.807) is 29.2 Å². The highest BCUT2D eigenvalue weighted by Gasteiger charge is 2.48. The Hall–Kier alpha value is -2.57. The van der Waals surface area contributed by atoms with Gasteiger partial charge in [0.1, 0.15) is 0 Å². The van der Waals surface area contributed by atoms with Crippen LogP contribution < -0.4 is 9.62 Å². The Kier molecular flexibility index (Phi) is 6.59. The third kappa shape index (κ3) is 5.05. The number of rotatable bonds is 5. The molecule has 2 fully saturated rings. The summed E-state index contributed by atoms with van der Waals surface area (Å²) in [5.74, 6) is -2.80. The van der Waals surface area contributed by atoms with Crippen molar-refractivity contribution in [1.82, 2.24) is 4.31 Å². The summed E-state index contributed by atoms with van der Waals surface area (Å²) in [4.78, 5) is 15.3. The molecule has 8 nitrogen and oxygen atoms in total. The summed E-state index contributed by atoms with van der Waals surface area (Å²) in [7, 11) is -7.52. The van der Waals surface area contributed by atoms with Crippen LogP contribution in [0.5, 0.6) is 0 Å². The Morgan fingerprint density at radius 2 is 1.74 bits per heavy atom. The van der Waals surface area contributed by atoms with Gasteiger partial charge in [-0.15, -0.1) is 0 Å². The average Bonchev–Trinajstić information content (AvgIpc) is 3.37. The van der Waals surface area contributed by atoms with Gasteiger partial charge in [-0.3, -0.25) is 9.52 Å². The second-order valence-electron chi connectivity index (χ2n) is 10.9. The average molecular weight is 568 g/mol. The van der Waals surface area contributed by atoms with Gasteiger partial charge in [-0.1, -0.05) is 13.0 Å². The van der Waals surface area contributed by atoms with Crippen molar-refractivity contribution >= 4 is 37.3 Å². The minimum absolute atomic E-state index is 0.107. The first kappa shape index (κ1) is 27.0. The van der Waals surface area contributed by atoms with Crippen LogP contribution in [-0.4, -0.2) is 58.9 Å². The molecule has 1 saturated carbocycles. The molecule has 0 aromatic heterocycles. The molecule has 12 heteroatoms. The summed E-state index contributed by atoms with van der Waals surface area (Å²) < 4.78 is 80.7. The van der Waals surface area contributed by atoms with E-state index < -0.39 is 38.8 Å². The molecule has 0 radical (unpaired) electrons. The van der Waals surface area contributed by atoms with Crippen molar-refractivity contribution in [2.24, 2.45) is 5.92 Å². The fourth-order valence-electron chi connectivity index (χ4n) is 6.06. The molecule has 1 aliphatic carbocycles. The lowest BCUT2D eigenvalue weighted by Crippen LogP contribution is -2.42. The number of carbonyl (C=O) groups excluding carboxylic acids is 1. The number of alkyl halides is 2. The maximum atomic E-state index is 13.8. The molecular weight excluding hydrogens is 536 g/mol. The summed E-state index contributed by atoms with van der Waals surface area (Å²) in [6.45, 7) is 2.00. The first-order valence-corrected chi connectivity index (χ1v) is 15.9. The zero-order chi connectivity index (χ0) is 27.5. The van der Waals surface area contributed by atoms with Crippen LogP contribution in [0.1, 0.15) is 54.9 Å². The van der Waals surface area contributed by atoms with E-state index in [-0.39, 0.29) is 34.9 Å². The van der Waals surface area contributed by atoms with E-state index in [0.717, 1.165) is 35.4 Å². The molecule has 1 saturated heterocycles.